The summed E-state index contributed by atoms with van der Waals surface area (Å²) < 4.78 is 10.9. The lowest BCUT2D eigenvalue weighted by atomic mass is 10.0. The van der Waals surface area contributed by atoms with Gasteiger partial charge < -0.3 is 15.0 Å². The molecule has 0 atom stereocenters. The Labute approximate surface area is 102 Å². The first-order valence-electron chi connectivity index (χ1n) is 6.39. The van der Waals surface area contributed by atoms with Crippen molar-refractivity contribution in [2.45, 2.75) is 50.5 Å². The molecule has 0 aromatic carbocycles. The summed E-state index contributed by atoms with van der Waals surface area (Å²) in [5, 5.41) is 4.08. The van der Waals surface area contributed by atoms with Crippen LogP contribution in [0.1, 0.15) is 50.2 Å². The van der Waals surface area contributed by atoms with Gasteiger partial charge in [0, 0.05) is 13.5 Å². The van der Waals surface area contributed by atoms with Gasteiger partial charge in [0.05, 0.1) is 0 Å². The molecule has 0 radical (unpaired) electrons. The summed E-state index contributed by atoms with van der Waals surface area (Å²) in [7, 11) is 1.73. The minimum atomic E-state index is -0.296. The van der Waals surface area contributed by atoms with E-state index >= 15 is 0 Å². The third-order valence-electron chi connectivity index (χ3n) is 3.52. The topological polar surface area (TPSA) is 74.2 Å². The van der Waals surface area contributed by atoms with Crippen LogP contribution in [0.3, 0.4) is 0 Å². The van der Waals surface area contributed by atoms with Crippen molar-refractivity contribution in [1.29, 1.82) is 0 Å². The summed E-state index contributed by atoms with van der Waals surface area (Å²) in [6, 6.07) is 0. The number of methoxy groups -OCH3 is 1. The van der Waals surface area contributed by atoms with Gasteiger partial charge >= 0.3 is 0 Å². The van der Waals surface area contributed by atoms with E-state index in [1.165, 1.54) is 12.8 Å². The number of rotatable bonds is 6. The molecular weight excluding hydrogens is 218 g/mol. The highest BCUT2D eigenvalue weighted by molar-refractivity contribution is 5.04. The first-order chi connectivity index (χ1) is 8.30. The van der Waals surface area contributed by atoms with Gasteiger partial charge in [-0.15, -0.1) is 0 Å². The second-order valence-corrected chi connectivity index (χ2v) is 4.66. The summed E-state index contributed by atoms with van der Waals surface area (Å²) in [6.07, 6.45) is 7.13. The van der Waals surface area contributed by atoms with Crippen LogP contribution in [0.2, 0.25) is 0 Å². The molecule has 1 aromatic heterocycles. The number of ether oxygens (including phenoxy) is 1. The van der Waals surface area contributed by atoms with Crippen molar-refractivity contribution in [3.63, 3.8) is 0 Å². The van der Waals surface area contributed by atoms with Crippen molar-refractivity contribution >= 4 is 0 Å². The Bertz CT molecular complexity index is 345. The molecule has 1 aliphatic rings. The predicted octanol–water partition coefficient (Wildman–Crippen LogP) is 1.77. The molecule has 0 unspecified atom stereocenters. The summed E-state index contributed by atoms with van der Waals surface area (Å²) >= 11 is 0. The van der Waals surface area contributed by atoms with Crippen LogP contribution in [0.15, 0.2) is 4.52 Å². The smallest absolute Gasteiger partial charge is 0.226 e. The van der Waals surface area contributed by atoms with Gasteiger partial charge in [0.2, 0.25) is 11.7 Å². The number of aromatic nitrogens is 2. The number of nitrogens with two attached hydrogens (primary N) is 1. The largest absolute Gasteiger partial charge is 0.370 e. The second kappa shape index (κ2) is 5.60. The molecule has 5 nitrogen and oxygen atoms in total. The van der Waals surface area contributed by atoms with Crippen LogP contribution < -0.4 is 5.73 Å². The Morgan fingerprint density at radius 1 is 1.35 bits per heavy atom. The number of unbranched alkanes of at least 4 members (excludes halogenated alkanes) is 1. The first-order valence-corrected chi connectivity index (χ1v) is 6.39. The first kappa shape index (κ1) is 12.5. The van der Waals surface area contributed by atoms with Crippen LogP contribution >= 0.6 is 0 Å². The molecule has 17 heavy (non-hydrogen) atoms. The van der Waals surface area contributed by atoms with E-state index in [9.17, 15) is 0 Å². The van der Waals surface area contributed by atoms with E-state index in [4.69, 9.17) is 15.0 Å². The van der Waals surface area contributed by atoms with Gasteiger partial charge in [-0.25, -0.2) is 0 Å². The zero-order chi connectivity index (χ0) is 12.1. The quantitative estimate of drug-likeness (QED) is 0.766. The number of aryl methyl sites for hydroxylation is 1. The number of nitrogens with zero attached hydrogens (tertiary/aromatic N) is 2. The van der Waals surface area contributed by atoms with Gasteiger partial charge in [-0.2, -0.15) is 4.98 Å². The highest BCUT2D eigenvalue weighted by Gasteiger charge is 2.40. The predicted molar refractivity (Wildman–Crippen MR) is 63.4 cm³/mol. The van der Waals surface area contributed by atoms with Crippen LogP contribution in [0.25, 0.3) is 0 Å². The van der Waals surface area contributed by atoms with Crippen molar-refractivity contribution in [3.8, 4) is 0 Å². The van der Waals surface area contributed by atoms with Crippen molar-refractivity contribution in [3.05, 3.63) is 11.7 Å². The summed E-state index contributed by atoms with van der Waals surface area (Å²) in [4.78, 5) is 4.46. The third-order valence-corrected chi connectivity index (χ3v) is 3.52. The van der Waals surface area contributed by atoms with Gasteiger partial charge in [0.1, 0.15) is 5.60 Å². The second-order valence-electron chi connectivity index (χ2n) is 4.66. The Morgan fingerprint density at radius 3 is 2.76 bits per heavy atom. The standard InChI is InChI=1S/C12H21N3O2/c1-16-12(7-3-4-8-12)11-14-10(17-15-11)6-2-5-9-13/h2-9,13H2,1H3. The zero-order valence-electron chi connectivity index (χ0n) is 10.4. The molecule has 0 spiro atoms. The Morgan fingerprint density at radius 2 is 2.12 bits per heavy atom. The summed E-state index contributed by atoms with van der Waals surface area (Å²) in [5.74, 6) is 1.43. The van der Waals surface area contributed by atoms with E-state index in [1.54, 1.807) is 7.11 Å². The highest BCUT2D eigenvalue weighted by atomic mass is 16.5. The van der Waals surface area contributed by atoms with E-state index in [1.807, 2.05) is 0 Å². The van der Waals surface area contributed by atoms with E-state index in [2.05, 4.69) is 10.1 Å². The van der Waals surface area contributed by atoms with Gasteiger partial charge in [0.25, 0.3) is 0 Å². The van der Waals surface area contributed by atoms with Gasteiger partial charge in [-0.1, -0.05) is 5.16 Å². The minimum absolute atomic E-state index is 0.296. The maximum absolute atomic E-state index is 5.62. The molecule has 1 heterocycles. The monoisotopic (exact) mass is 239 g/mol. The minimum Gasteiger partial charge on any atom is -0.370 e. The molecule has 0 saturated heterocycles. The van der Waals surface area contributed by atoms with Crippen molar-refractivity contribution in [2.75, 3.05) is 13.7 Å². The lowest BCUT2D eigenvalue weighted by Crippen LogP contribution is -2.26. The van der Waals surface area contributed by atoms with Crippen LogP contribution in [0.5, 0.6) is 0 Å². The van der Waals surface area contributed by atoms with E-state index in [0.717, 1.165) is 37.9 Å². The SMILES string of the molecule is COC1(c2noc(CCCCN)n2)CCCC1. The molecule has 2 N–H and O–H groups in total. The molecule has 0 bridgehead atoms. The molecule has 0 aliphatic heterocycles. The highest BCUT2D eigenvalue weighted by Crippen LogP contribution is 2.40. The normalized spacial score (nSPS) is 18.7. The maximum Gasteiger partial charge on any atom is 0.226 e. The molecule has 0 amide bonds. The number of hydrogen-bond donors (Lipinski definition) is 1. The van der Waals surface area contributed by atoms with Crippen molar-refractivity contribution < 1.29 is 9.26 Å². The van der Waals surface area contributed by atoms with Crippen LogP contribution in [0, 0.1) is 0 Å². The molecule has 5 heteroatoms. The van der Waals surface area contributed by atoms with E-state index in [-0.39, 0.29) is 5.60 Å². The summed E-state index contributed by atoms with van der Waals surface area (Å²) in [6.45, 7) is 0.711. The van der Waals surface area contributed by atoms with Crippen LogP contribution in [0.4, 0.5) is 0 Å². The van der Waals surface area contributed by atoms with Crippen molar-refractivity contribution in [1.82, 2.24) is 10.1 Å². The van der Waals surface area contributed by atoms with Crippen LogP contribution in [-0.4, -0.2) is 23.8 Å². The molecule has 96 valence electrons. The molecule has 1 saturated carbocycles. The third kappa shape index (κ3) is 2.66. The van der Waals surface area contributed by atoms with Crippen molar-refractivity contribution in [2.24, 2.45) is 5.73 Å². The zero-order valence-corrected chi connectivity index (χ0v) is 10.4. The fourth-order valence-corrected chi connectivity index (χ4v) is 2.43. The fourth-order valence-electron chi connectivity index (χ4n) is 2.43. The Hall–Kier alpha value is -0.940. The molecule has 1 aliphatic carbocycles. The number of hydrogen-bond acceptors (Lipinski definition) is 5. The Balaban J connectivity index is 2.01. The van der Waals surface area contributed by atoms with E-state index in [0.29, 0.717) is 12.4 Å². The lowest BCUT2D eigenvalue weighted by molar-refractivity contribution is -0.0178. The van der Waals surface area contributed by atoms with Gasteiger partial charge in [-0.05, 0) is 45.1 Å². The Kier molecular flexibility index (Phi) is 4.12. The van der Waals surface area contributed by atoms with Gasteiger partial charge in [-0.3, -0.25) is 0 Å². The molecular formula is C12H21N3O2. The average molecular weight is 239 g/mol. The van der Waals surface area contributed by atoms with E-state index < -0.39 is 0 Å². The van der Waals surface area contributed by atoms with Gasteiger partial charge in [0.15, 0.2) is 0 Å². The summed E-state index contributed by atoms with van der Waals surface area (Å²) in [5.41, 5.74) is 5.16. The maximum atomic E-state index is 5.62. The molecule has 1 fully saturated rings. The molecule has 2 rings (SSSR count). The fraction of sp³-hybridized carbons (Fsp3) is 0.833. The average Bonchev–Trinajstić information content (AvgIpc) is 2.98. The van der Waals surface area contributed by atoms with Crippen LogP contribution in [-0.2, 0) is 16.8 Å². The lowest BCUT2D eigenvalue weighted by Gasteiger charge is -2.22. The molecule has 1 aromatic rings.